The maximum atomic E-state index is 11.1. The fourth-order valence-electron chi connectivity index (χ4n) is 0.796. The molecule has 0 bridgehead atoms. The monoisotopic (exact) mass is 203 g/mol. The zero-order valence-electron chi connectivity index (χ0n) is 9.22. The predicted octanol–water partition coefficient (Wildman–Crippen LogP) is 0.755. The standard InChI is InChI=1S/C9H21N3O2/c1-9(2,3)14-8(13)12-11-7-5-4-6-10/h11H,4-7,10H2,1-3H3,(H,12,13). The second kappa shape index (κ2) is 6.62. The van der Waals surface area contributed by atoms with Gasteiger partial charge in [0, 0.05) is 6.54 Å². The van der Waals surface area contributed by atoms with Gasteiger partial charge in [0.15, 0.2) is 0 Å². The fraction of sp³-hybridized carbons (Fsp3) is 0.889. The molecule has 0 fully saturated rings. The number of unbranched alkanes of at least 4 members (excludes halogenated alkanes) is 1. The van der Waals surface area contributed by atoms with Crippen LogP contribution >= 0.6 is 0 Å². The van der Waals surface area contributed by atoms with E-state index in [9.17, 15) is 4.79 Å². The minimum absolute atomic E-state index is 0.453. The molecule has 0 atom stereocenters. The molecule has 0 aromatic rings. The van der Waals surface area contributed by atoms with E-state index in [2.05, 4.69) is 10.9 Å². The Kier molecular flexibility index (Phi) is 6.23. The van der Waals surface area contributed by atoms with Crippen molar-refractivity contribution in [2.75, 3.05) is 13.1 Å². The van der Waals surface area contributed by atoms with Gasteiger partial charge in [-0.3, -0.25) is 5.43 Å². The highest BCUT2D eigenvalue weighted by molar-refractivity contribution is 5.66. The number of ether oxygens (including phenoxy) is 1. The Hall–Kier alpha value is -0.810. The van der Waals surface area contributed by atoms with Gasteiger partial charge in [-0.05, 0) is 40.2 Å². The molecule has 0 saturated heterocycles. The highest BCUT2D eigenvalue weighted by Crippen LogP contribution is 2.05. The van der Waals surface area contributed by atoms with Crippen LogP contribution in [0.15, 0.2) is 0 Å². The lowest BCUT2D eigenvalue weighted by Crippen LogP contribution is -2.41. The predicted molar refractivity (Wildman–Crippen MR) is 55.7 cm³/mol. The molecule has 0 saturated carbocycles. The molecule has 5 heteroatoms. The maximum absolute atomic E-state index is 11.1. The molecule has 0 rings (SSSR count). The van der Waals surface area contributed by atoms with Gasteiger partial charge in [-0.15, -0.1) is 0 Å². The number of hydrogen-bond donors (Lipinski definition) is 3. The SMILES string of the molecule is CC(C)(C)OC(=O)NNCCCCN. The lowest BCUT2D eigenvalue weighted by atomic mass is 10.2. The van der Waals surface area contributed by atoms with E-state index in [1.54, 1.807) is 0 Å². The van der Waals surface area contributed by atoms with E-state index >= 15 is 0 Å². The van der Waals surface area contributed by atoms with Gasteiger partial charge in [-0.25, -0.2) is 10.2 Å². The molecule has 4 N–H and O–H groups in total. The fourth-order valence-corrected chi connectivity index (χ4v) is 0.796. The van der Waals surface area contributed by atoms with Crippen molar-refractivity contribution >= 4 is 6.09 Å². The maximum Gasteiger partial charge on any atom is 0.422 e. The van der Waals surface area contributed by atoms with E-state index in [1.165, 1.54) is 0 Å². The molecular formula is C9H21N3O2. The Morgan fingerprint density at radius 1 is 1.36 bits per heavy atom. The highest BCUT2D eigenvalue weighted by Gasteiger charge is 2.15. The van der Waals surface area contributed by atoms with Crippen molar-refractivity contribution in [3.8, 4) is 0 Å². The van der Waals surface area contributed by atoms with E-state index in [4.69, 9.17) is 10.5 Å². The number of rotatable bonds is 5. The van der Waals surface area contributed by atoms with Crippen LogP contribution in [-0.4, -0.2) is 24.8 Å². The number of nitrogens with two attached hydrogens (primary N) is 1. The van der Waals surface area contributed by atoms with Crippen molar-refractivity contribution in [3.63, 3.8) is 0 Å². The van der Waals surface area contributed by atoms with Gasteiger partial charge >= 0.3 is 6.09 Å². The first kappa shape index (κ1) is 13.2. The lowest BCUT2D eigenvalue weighted by Gasteiger charge is -2.19. The highest BCUT2D eigenvalue weighted by atomic mass is 16.6. The first-order chi connectivity index (χ1) is 6.45. The molecule has 0 radical (unpaired) electrons. The van der Waals surface area contributed by atoms with Crippen molar-refractivity contribution in [1.82, 2.24) is 10.9 Å². The molecule has 0 unspecified atom stereocenters. The summed E-state index contributed by atoms with van der Waals surface area (Å²) in [6.07, 6.45) is 1.43. The molecular weight excluding hydrogens is 182 g/mol. The van der Waals surface area contributed by atoms with Crippen molar-refractivity contribution < 1.29 is 9.53 Å². The summed E-state index contributed by atoms with van der Waals surface area (Å²) in [7, 11) is 0. The van der Waals surface area contributed by atoms with Gasteiger partial charge in [0.2, 0.25) is 0 Å². The number of amides is 1. The molecule has 0 heterocycles. The number of carbonyl (C=O) groups excluding carboxylic acids is 1. The third kappa shape index (κ3) is 9.28. The van der Waals surface area contributed by atoms with Crippen LogP contribution in [-0.2, 0) is 4.74 Å². The molecule has 0 aromatic heterocycles. The van der Waals surface area contributed by atoms with Gasteiger partial charge in [-0.1, -0.05) is 0 Å². The Balaban J connectivity index is 3.36. The first-order valence-electron chi connectivity index (χ1n) is 4.87. The van der Waals surface area contributed by atoms with E-state index in [-0.39, 0.29) is 0 Å². The number of nitrogens with one attached hydrogen (secondary N) is 2. The second-order valence-corrected chi connectivity index (χ2v) is 4.05. The van der Waals surface area contributed by atoms with Crippen LogP contribution in [0.4, 0.5) is 4.79 Å². The van der Waals surface area contributed by atoms with Crippen LogP contribution in [0, 0.1) is 0 Å². The molecule has 5 nitrogen and oxygen atoms in total. The molecule has 0 aliphatic rings. The first-order valence-corrected chi connectivity index (χ1v) is 4.87. The summed E-state index contributed by atoms with van der Waals surface area (Å²) >= 11 is 0. The molecule has 14 heavy (non-hydrogen) atoms. The number of carbonyl (C=O) groups is 1. The Labute approximate surface area is 85.3 Å². The molecule has 0 aliphatic heterocycles. The largest absolute Gasteiger partial charge is 0.443 e. The molecule has 0 aliphatic carbocycles. The van der Waals surface area contributed by atoms with E-state index in [1.807, 2.05) is 20.8 Å². The lowest BCUT2D eigenvalue weighted by molar-refractivity contribution is 0.0498. The van der Waals surface area contributed by atoms with Crippen LogP contribution in [0.2, 0.25) is 0 Å². The molecule has 0 spiro atoms. The minimum Gasteiger partial charge on any atom is -0.443 e. The summed E-state index contributed by atoms with van der Waals surface area (Å²) in [5.74, 6) is 0. The summed E-state index contributed by atoms with van der Waals surface area (Å²) in [4.78, 5) is 11.1. The molecule has 1 amide bonds. The number of hydrazine groups is 1. The minimum atomic E-state index is -0.455. The van der Waals surface area contributed by atoms with Crippen molar-refractivity contribution in [1.29, 1.82) is 0 Å². The molecule has 0 aromatic carbocycles. The summed E-state index contributed by atoms with van der Waals surface area (Å²) < 4.78 is 5.01. The summed E-state index contributed by atoms with van der Waals surface area (Å²) in [5, 5.41) is 0. The average molecular weight is 203 g/mol. The van der Waals surface area contributed by atoms with Gasteiger partial charge in [0.25, 0.3) is 0 Å². The van der Waals surface area contributed by atoms with Crippen LogP contribution in [0.1, 0.15) is 33.6 Å². The Morgan fingerprint density at radius 3 is 2.50 bits per heavy atom. The van der Waals surface area contributed by atoms with Crippen LogP contribution in [0.3, 0.4) is 0 Å². The smallest absolute Gasteiger partial charge is 0.422 e. The summed E-state index contributed by atoms with van der Waals surface area (Å²) in [5.41, 5.74) is 10.1. The van der Waals surface area contributed by atoms with E-state index in [0.717, 1.165) is 12.8 Å². The average Bonchev–Trinajstić information content (AvgIpc) is 2.00. The van der Waals surface area contributed by atoms with Crippen LogP contribution in [0.25, 0.3) is 0 Å². The summed E-state index contributed by atoms with van der Waals surface area (Å²) in [6.45, 7) is 6.84. The van der Waals surface area contributed by atoms with Gasteiger partial charge in [0.1, 0.15) is 5.60 Å². The third-order valence-corrected chi connectivity index (χ3v) is 1.35. The van der Waals surface area contributed by atoms with Crippen molar-refractivity contribution in [2.24, 2.45) is 5.73 Å². The Morgan fingerprint density at radius 2 is 2.00 bits per heavy atom. The number of hydrogen-bond acceptors (Lipinski definition) is 4. The van der Waals surface area contributed by atoms with E-state index < -0.39 is 11.7 Å². The van der Waals surface area contributed by atoms with Crippen molar-refractivity contribution in [3.05, 3.63) is 0 Å². The normalized spacial score (nSPS) is 11.1. The second-order valence-electron chi connectivity index (χ2n) is 4.05. The zero-order valence-corrected chi connectivity index (χ0v) is 9.22. The van der Waals surface area contributed by atoms with E-state index in [0.29, 0.717) is 13.1 Å². The van der Waals surface area contributed by atoms with Crippen LogP contribution in [0.5, 0.6) is 0 Å². The van der Waals surface area contributed by atoms with Crippen molar-refractivity contribution in [2.45, 2.75) is 39.2 Å². The van der Waals surface area contributed by atoms with Crippen LogP contribution < -0.4 is 16.6 Å². The zero-order chi connectivity index (χ0) is 11.0. The van der Waals surface area contributed by atoms with Gasteiger partial charge in [0.05, 0.1) is 0 Å². The third-order valence-electron chi connectivity index (χ3n) is 1.35. The topological polar surface area (TPSA) is 76.4 Å². The van der Waals surface area contributed by atoms with Gasteiger partial charge < -0.3 is 10.5 Å². The Bertz CT molecular complexity index is 166. The summed E-state index contributed by atoms with van der Waals surface area (Å²) in [6, 6.07) is 0. The van der Waals surface area contributed by atoms with Gasteiger partial charge in [-0.2, -0.15) is 0 Å². The molecule has 84 valence electrons. The quantitative estimate of drug-likeness (QED) is 0.455.